The van der Waals surface area contributed by atoms with Crippen LogP contribution in [-0.4, -0.2) is 48.1 Å². The summed E-state index contributed by atoms with van der Waals surface area (Å²) in [5, 5.41) is 6.82. The second-order valence-electron chi connectivity index (χ2n) is 10.1. The van der Waals surface area contributed by atoms with Gasteiger partial charge in [0.05, 0.1) is 6.21 Å². The normalized spacial score (nSPS) is 16.0. The maximum atomic E-state index is 12.7. The number of hydrogen-bond donors (Lipinski definition) is 1. The van der Waals surface area contributed by atoms with Gasteiger partial charge in [-0.3, -0.25) is 14.6 Å². The third-order valence-electron chi connectivity index (χ3n) is 7.62. The fraction of sp³-hybridized carbons (Fsp3) is 0.250. The predicted octanol–water partition coefficient (Wildman–Crippen LogP) is 5.02. The molecule has 1 aliphatic heterocycles. The van der Waals surface area contributed by atoms with Crippen LogP contribution in [0.3, 0.4) is 0 Å². The Morgan fingerprint density at radius 2 is 1.38 bits per heavy atom. The largest absolute Gasteiger partial charge is 0.297 e. The molecule has 186 valence electrons. The van der Waals surface area contributed by atoms with Crippen molar-refractivity contribution in [3.8, 4) is 0 Å². The minimum absolute atomic E-state index is 0.191. The molecule has 1 aliphatic carbocycles. The van der Waals surface area contributed by atoms with Crippen LogP contribution in [-0.2, 0) is 25.9 Å². The van der Waals surface area contributed by atoms with Gasteiger partial charge in [-0.2, -0.15) is 5.10 Å². The molecule has 0 spiro atoms. The zero-order valence-electron chi connectivity index (χ0n) is 21.1. The summed E-state index contributed by atoms with van der Waals surface area (Å²) in [5.74, 6) is -0.191. The topological polar surface area (TPSA) is 47.9 Å². The molecule has 0 bridgehead atoms. The smallest absolute Gasteiger partial charge is 0.271 e. The van der Waals surface area contributed by atoms with Crippen LogP contribution in [0.1, 0.15) is 38.2 Å². The van der Waals surface area contributed by atoms with Crippen LogP contribution >= 0.6 is 0 Å². The van der Waals surface area contributed by atoms with Crippen molar-refractivity contribution >= 4 is 22.9 Å². The summed E-state index contributed by atoms with van der Waals surface area (Å²) in [6.45, 7) is 6.19. The molecular formula is C32H32N4O. The zero-order chi connectivity index (χ0) is 25.0. The first kappa shape index (κ1) is 23.6. The van der Waals surface area contributed by atoms with E-state index in [-0.39, 0.29) is 5.91 Å². The van der Waals surface area contributed by atoms with E-state index in [2.05, 4.69) is 93.1 Å². The quantitative estimate of drug-likeness (QED) is 0.294. The van der Waals surface area contributed by atoms with Gasteiger partial charge in [-0.05, 0) is 58.0 Å². The van der Waals surface area contributed by atoms with Crippen molar-refractivity contribution in [2.24, 2.45) is 5.10 Å². The van der Waals surface area contributed by atoms with Crippen LogP contribution in [0.2, 0.25) is 0 Å². The number of carbonyl (C=O) groups is 1. The molecule has 4 aromatic rings. The number of nitrogens with zero attached hydrogens (tertiary/aromatic N) is 3. The second-order valence-corrected chi connectivity index (χ2v) is 10.1. The molecule has 1 amide bonds. The van der Waals surface area contributed by atoms with Gasteiger partial charge < -0.3 is 0 Å². The third kappa shape index (κ3) is 5.33. The molecule has 0 unspecified atom stereocenters. The molecule has 0 radical (unpaired) electrons. The van der Waals surface area contributed by atoms with Gasteiger partial charge in [-0.1, -0.05) is 72.8 Å². The average molecular weight is 489 g/mol. The van der Waals surface area contributed by atoms with Crippen molar-refractivity contribution in [1.82, 2.24) is 15.2 Å². The van der Waals surface area contributed by atoms with Gasteiger partial charge in [0.25, 0.3) is 5.91 Å². The molecule has 1 heterocycles. The molecule has 6 rings (SSSR count). The van der Waals surface area contributed by atoms with Crippen LogP contribution in [0.5, 0.6) is 0 Å². The standard InChI is InChI=1S/C32H32N4O/c37-32(34-33-21-29-16-15-27-14-13-26-7-4-8-30(29)31(26)27)28-11-9-25(10-12-28)23-36-19-17-35(18-20-36)22-24-5-2-1-3-6-24/h1-12,15-16,21H,13-14,17-20,22-23H2,(H,34,37)/b33-21-. The molecule has 37 heavy (non-hydrogen) atoms. The number of benzene rings is 4. The Labute approximate surface area is 218 Å². The summed E-state index contributed by atoms with van der Waals surface area (Å²) in [7, 11) is 0. The van der Waals surface area contributed by atoms with Crippen molar-refractivity contribution in [3.05, 3.63) is 118 Å². The first-order valence-corrected chi connectivity index (χ1v) is 13.2. The van der Waals surface area contributed by atoms with Crippen LogP contribution in [0.25, 0.3) is 10.8 Å². The molecular weight excluding hydrogens is 456 g/mol. The summed E-state index contributed by atoms with van der Waals surface area (Å²) in [6, 6.07) is 29.3. The maximum Gasteiger partial charge on any atom is 0.271 e. The van der Waals surface area contributed by atoms with Gasteiger partial charge in [0.15, 0.2) is 0 Å². The third-order valence-corrected chi connectivity index (χ3v) is 7.62. The minimum atomic E-state index is -0.191. The highest BCUT2D eigenvalue weighted by Gasteiger charge is 2.18. The van der Waals surface area contributed by atoms with Crippen molar-refractivity contribution in [2.45, 2.75) is 25.9 Å². The van der Waals surface area contributed by atoms with Gasteiger partial charge in [0.1, 0.15) is 0 Å². The van der Waals surface area contributed by atoms with Crippen molar-refractivity contribution < 1.29 is 4.79 Å². The van der Waals surface area contributed by atoms with Crippen LogP contribution < -0.4 is 5.43 Å². The Kier molecular flexibility index (Phi) is 6.80. The highest BCUT2D eigenvalue weighted by molar-refractivity contribution is 6.03. The Morgan fingerprint density at radius 3 is 2.08 bits per heavy atom. The number of amides is 1. The Hall–Kier alpha value is -3.80. The lowest BCUT2D eigenvalue weighted by atomic mass is 10.0. The van der Waals surface area contributed by atoms with E-state index in [0.29, 0.717) is 5.56 Å². The van der Waals surface area contributed by atoms with E-state index in [1.807, 2.05) is 12.1 Å². The first-order chi connectivity index (χ1) is 18.2. The number of nitrogens with one attached hydrogen (secondary N) is 1. The summed E-state index contributed by atoms with van der Waals surface area (Å²) in [5.41, 5.74) is 9.75. The Morgan fingerprint density at radius 1 is 0.730 bits per heavy atom. The number of piperazine rings is 1. The summed E-state index contributed by atoms with van der Waals surface area (Å²) in [4.78, 5) is 17.7. The number of carbonyl (C=O) groups excluding carboxylic acids is 1. The SMILES string of the molecule is O=C(N/N=C\c1ccc2c3c(cccc13)CC2)c1ccc(CN2CCN(Cc3ccccc3)CC2)cc1. The van der Waals surface area contributed by atoms with E-state index >= 15 is 0 Å². The molecule has 1 fully saturated rings. The monoisotopic (exact) mass is 488 g/mol. The molecule has 4 aromatic carbocycles. The van der Waals surface area contributed by atoms with Crippen molar-refractivity contribution in [3.63, 3.8) is 0 Å². The van der Waals surface area contributed by atoms with Crippen molar-refractivity contribution in [1.29, 1.82) is 0 Å². The predicted molar refractivity (Wildman–Crippen MR) is 150 cm³/mol. The lowest BCUT2D eigenvalue weighted by Crippen LogP contribution is -2.45. The molecule has 0 aromatic heterocycles. The molecule has 1 saturated heterocycles. The van der Waals surface area contributed by atoms with Gasteiger partial charge in [-0.25, -0.2) is 5.43 Å². The number of hydrazone groups is 1. The minimum Gasteiger partial charge on any atom is -0.297 e. The van der Waals surface area contributed by atoms with Crippen LogP contribution in [0.4, 0.5) is 0 Å². The summed E-state index contributed by atoms with van der Waals surface area (Å²) < 4.78 is 0. The fourth-order valence-corrected chi connectivity index (χ4v) is 5.57. The van der Waals surface area contributed by atoms with Gasteiger partial charge in [0, 0.05) is 50.4 Å². The molecule has 2 aliphatic rings. The van der Waals surface area contributed by atoms with Crippen LogP contribution in [0.15, 0.2) is 90.0 Å². The lowest BCUT2D eigenvalue weighted by molar-refractivity contribution is 0.0955. The van der Waals surface area contributed by atoms with E-state index in [0.717, 1.165) is 57.7 Å². The van der Waals surface area contributed by atoms with Crippen LogP contribution in [0, 0.1) is 0 Å². The fourth-order valence-electron chi connectivity index (χ4n) is 5.57. The lowest BCUT2D eigenvalue weighted by Gasteiger charge is -2.34. The first-order valence-electron chi connectivity index (χ1n) is 13.2. The van der Waals surface area contributed by atoms with Gasteiger partial charge >= 0.3 is 0 Å². The van der Waals surface area contributed by atoms with E-state index in [1.54, 1.807) is 6.21 Å². The molecule has 0 atom stereocenters. The molecule has 5 heteroatoms. The molecule has 0 saturated carbocycles. The summed E-state index contributed by atoms with van der Waals surface area (Å²) in [6.07, 6.45) is 3.96. The Bertz CT molecular complexity index is 1410. The summed E-state index contributed by atoms with van der Waals surface area (Å²) >= 11 is 0. The van der Waals surface area contributed by atoms with E-state index in [9.17, 15) is 4.79 Å². The number of hydrogen-bond acceptors (Lipinski definition) is 4. The van der Waals surface area contributed by atoms with E-state index < -0.39 is 0 Å². The van der Waals surface area contributed by atoms with Gasteiger partial charge in [0.2, 0.25) is 0 Å². The molecule has 5 nitrogen and oxygen atoms in total. The van der Waals surface area contributed by atoms with Gasteiger partial charge in [-0.15, -0.1) is 0 Å². The van der Waals surface area contributed by atoms with E-state index in [4.69, 9.17) is 0 Å². The molecule has 1 N–H and O–H groups in total. The van der Waals surface area contributed by atoms with E-state index in [1.165, 1.54) is 33.0 Å². The second kappa shape index (κ2) is 10.7. The van der Waals surface area contributed by atoms with Crippen molar-refractivity contribution in [2.75, 3.05) is 26.2 Å². The number of aryl methyl sites for hydroxylation is 2. The highest BCUT2D eigenvalue weighted by atomic mass is 16.2. The highest BCUT2D eigenvalue weighted by Crippen LogP contribution is 2.32. The Balaban J connectivity index is 1.01. The number of rotatable bonds is 7. The zero-order valence-corrected chi connectivity index (χ0v) is 21.1. The average Bonchev–Trinajstić information content (AvgIpc) is 3.37. The maximum absolute atomic E-state index is 12.7.